The lowest BCUT2D eigenvalue weighted by Gasteiger charge is -2.38. The molecular formula is C20H28N2O4. The molecule has 2 aliphatic rings. The van der Waals surface area contributed by atoms with E-state index in [2.05, 4.69) is 16.7 Å². The quantitative estimate of drug-likeness (QED) is 0.816. The van der Waals surface area contributed by atoms with E-state index in [0.717, 1.165) is 25.7 Å². The van der Waals surface area contributed by atoms with Crippen LogP contribution in [0.4, 0.5) is 0 Å². The van der Waals surface area contributed by atoms with E-state index in [9.17, 15) is 9.59 Å². The number of methoxy groups -OCH3 is 2. The minimum atomic E-state index is -0.395. The van der Waals surface area contributed by atoms with E-state index < -0.39 is 6.04 Å². The van der Waals surface area contributed by atoms with Crippen molar-refractivity contribution in [2.75, 3.05) is 20.8 Å². The maximum atomic E-state index is 12.5. The lowest BCUT2D eigenvalue weighted by Crippen LogP contribution is -2.48. The van der Waals surface area contributed by atoms with Crippen molar-refractivity contribution >= 4 is 11.8 Å². The van der Waals surface area contributed by atoms with Crippen LogP contribution in [0.3, 0.4) is 0 Å². The SMILES string of the molecule is COc1ccc(C2(CNC(=O)C3CCC(=O)N3)CCCCC2)cc1OC. The zero-order chi connectivity index (χ0) is 18.6. The minimum Gasteiger partial charge on any atom is -0.493 e. The van der Waals surface area contributed by atoms with Crippen LogP contribution >= 0.6 is 0 Å². The normalized spacial score (nSPS) is 21.8. The van der Waals surface area contributed by atoms with Crippen LogP contribution in [0.15, 0.2) is 18.2 Å². The third kappa shape index (κ3) is 3.79. The molecule has 0 radical (unpaired) electrons. The maximum absolute atomic E-state index is 12.5. The van der Waals surface area contributed by atoms with Gasteiger partial charge in [0.05, 0.1) is 14.2 Å². The molecule has 1 aliphatic carbocycles. The van der Waals surface area contributed by atoms with Crippen LogP contribution in [0.1, 0.15) is 50.5 Å². The molecule has 2 fully saturated rings. The van der Waals surface area contributed by atoms with Crippen LogP contribution in [-0.4, -0.2) is 38.6 Å². The average molecular weight is 360 g/mol. The first-order chi connectivity index (χ1) is 12.6. The Balaban J connectivity index is 1.78. The van der Waals surface area contributed by atoms with Crippen molar-refractivity contribution in [2.24, 2.45) is 0 Å². The van der Waals surface area contributed by atoms with Crippen molar-refractivity contribution < 1.29 is 19.1 Å². The Hall–Kier alpha value is -2.24. The van der Waals surface area contributed by atoms with Crippen LogP contribution in [0.2, 0.25) is 0 Å². The predicted octanol–water partition coefficient (Wildman–Crippen LogP) is 2.30. The molecule has 1 aromatic carbocycles. The van der Waals surface area contributed by atoms with Crippen molar-refractivity contribution in [1.82, 2.24) is 10.6 Å². The Kier molecular flexibility index (Phi) is 5.69. The molecule has 6 nitrogen and oxygen atoms in total. The molecular weight excluding hydrogens is 332 g/mol. The van der Waals surface area contributed by atoms with Crippen LogP contribution in [-0.2, 0) is 15.0 Å². The highest BCUT2D eigenvalue weighted by atomic mass is 16.5. The van der Waals surface area contributed by atoms with Gasteiger partial charge in [-0.2, -0.15) is 0 Å². The monoisotopic (exact) mass is 360 g/mol. The van der Waals surface area contributed by atoms with Gasteiger partial charge >= 0.3 is 0 Å². The highest BCUT2D eigenvalue weighted by Crippen LogP contribution is 2.42. The molecule has 1 saturated carbocycles. The standard InChI is InChI=1S/C20H28N2O4/c1-25-16-8-6-14(12-17(16)26-2)20(10-4-3-5-11-20)13-21-19(24)15-7-9-18(23)22-15/h6,8,12,15H,3-5,7,9-11,13H2,1-2H3,(H,21,24)(H,22,23). The summed E-state index contributed by atoms with van der Waals surface area (Å²) in [6.07, 6.45) is 6.57. The molecule has 2 amide bonds. The minimum absolute atomic E-state index is 0.0441. The van der Waals surface area contributed by atoms with Gasteiger partial charge < -0.3 is 20.1 Å². The highest BCUT2D eigenvalue weighted by molar-refractivity contribution is 5.90. The number of nitrogens with one attached hydrogen (secondary N) is 2. The van der Waals surface area contributed by atoms with Crippen molar-refractivity contribution in [3.63, 3.8) is 0 Å². The zero-order valence-electron chi connectivity index (χ0n) is 15.6. The van der Waals surface area contributed by atoms with E-state index in [1.807, 2.05) is 12.1 Å². The maximum Gasteiger partial charge on any atom is 0.242 e. The summed E-state index contributed by atoms with van der Waals surface area (Å²) in [4.78, 5) is 23.8. The van der Waals surface area contributed by atoms with Gasteiger partial charge in [0.2, 0.25) is 11.8 Å². The first kappa shape index (κ1) is 18.5. The second-order valence-corrected chi connectivity index (χ2v) is 7.29. The van der Waals surface area contributed by atoms with Gasteiger partial charge in [0.1, 0.15) is 6.04 Å². The summed E-state index contributed by atoms with van der Waals surface area (Å²) in [5, 5.41) is 5.83. The summed E-state index contributed by atoms with van der Waals surface area (Å²) in [6.45, 7) is 0.577. The summed E-state index contributed by atoms with van der Waals surface area (Å²) in [5.74, 6) is 1.29. The summed E-state index contributed by atoms with van der Waals surface area (Å²) >= 11 is 0. The fraction of sp³-hybridized carbons (Fsp3) is 0.600. The van der Waals surface area contributed by atoms with Gasteiger partial charge in [-0.3, -0.25) is 9.59 Å². The lowest BCUT2D eigenvalue weighted by molar-refractivity contribution is -0.126. The third-order valence-electron chi connectivity index (χ3n) is 5.72. The second kappa shape index (κ2) is 7.98. The zero-order valence-corrected chi connectivity index (χ0v) is 15.6. The van der Waals surface area contributed by atoms with Gasteiger partial charge in [0, 0.05) is 18.4 Å². The van der Waals surface area contributed by atoms with Gasteiger partial charge in [-0.15, -0.1) is 0 Å². The molecule has 142 valence electrons. The third-order valence-corrected chi connectivity index (χ3v) is 5.72. The lowest BCUT2D eigenvalue weighted by atomic mass is 9.69. The first-order valence-electron chi connectivity index (χ1n) is 9.37. The van der Waals surface area contributed by atoms with Gasteiger partial charge in [-0.05, 0) is 37.0 Å². The molecule has 2 N–H and O–H groups in total. The fourth-order valence-electron chi connectivity index (χ4n) is 4.15. The largest absolute Gasteiger partial charge is 0.493 e. The Labute approximate surface area is 154 Å². The fourth-order valence-corrected chi connectivity index (χ4v) is 4.15. The van der Waals surface area contributed by atoms with E-state index in [0.29, 0.717) is 30.9 Å². The summed E-state index contributed by atoms with van der Waals surface area (Å²) < 4.78 is 10.8. The van der Waals surface area contributed by atoms with Crippen LogP contribution in [0.5, 0.6) is 11.5 Å². The topological polar surface area (TPSA) is 76.7 Å². The Bertz CT molecular complexity index is 668. The highest BCUT2D eigenvalue weighted by Gasteiger charge is 2.36. The number of hydrogen-bond donors (Lipinski definition) is 2. The van der Waals surface area contributed by atoms with Crippen molar-refractivity contribution in [2.45, 2.75) is 56.4 Å². The van der Waals surface area contributed by atoms with E-state index in [1.54, 1.807) is 14.2 Å². The molecule has 3 rings (SSSR count). The molecule has 1 saturated heterocycles. The smallest absolute Gasteiger partial charge is 0.242 e. The molecule has 0 aromatic heterocycles. The Morgan fingerprint density at radius 2 is 1.92 bits per heavy atom. The van der Waals surface area contributed by atoms with Crippen LogP contribution in [0.25, 0.3) is 0 Å². The Morgan fingerprint density at radius 1 is 1.19 bits per heavy atom. The van der Waals surface area contributed by atoms with Crippen molar-refractivity contribution in [3.8, 4) is 11.5 Å². The number of carbonyl (C=O) groups is 2. The van der Waals surface area contributed by atoms with Gasteiger partial charge in [0.25, 0.3) is 0 Å². The number of hydrogen-bond acceptors (Lipinski definition) is 4. The summed E-state index contributed by atoms with van der Waals surface area (Å²) in [6, 6.07) is 5.65. The van der Waals surface area contributed by atoms with E-state index in [1.165, 1.54) is 12.0 Å². The molecule has 1 unspecified atom stereocenters. The second-order valence-electron chi connectivity index (χ2n) is 7.29. The molecule has 6 heteroatoms. The number of rotatable bonds is 6. The van der Waals surface area contributed by atoms with Crippen LogP contribution in [0, 0.1) is 0 Å². The molecule has 1 heterocycles. The van der Waals surface area contributed by atoms with Crippen molar-refractivity contribution in [3.05, 3.63) is 23.8 Å². The molecule has 0 spiro atoms. The summed E-state index contributed by atoms with van der Waals surface area (Å²) in [5.41, 5.74) is 1.07. The number of benzene rings is 1. The molecule has 1 atom stereocenters. The number of carbonyl (C=O) groups excluding carboxylic acids is 2. The van der Waals surface area contributed by atoms with Gasteiger partial charge in [0.15, 0.2) is 11.5 Å². The molecule has 26 heavy (non-hydrogen) atoms. The first-order valence-corrected chi connectivity index (χ1v) is 9.37. The van der Waals surface area contributed by atoms with Gasteiger partial charge in [-0.25, -0.2) is 0 Å². The average Bonchev–Trinajstić information content (AvgIpc) is 3.12. The van der Waals surface area contributed by atoms with E-state index in [-0.39, 0.29) is 17.2 Å². The van der Waals surface area contributed by atoms with Gasteiger partial charge in [-0.1, -0.05) is 25.3 Å². The van der Waals surface area contributed by atoms with E-state index >= 15 is 0 Å². The number of amides is 2. The number of ether oxygens (including phenoxy) is 2. The summed E-state index contributed by atoms with van der Waals surface area (Å²) in [7, 11) is 3.27. The van der Waals surface area contributed by atoms with E-state index in [4.69, 9.17) is 9.47 Å². The van der Waals surface area contributed by atoms with Crippen LogP contribution < -0.4 is 20.1 Å². The molecule has 1 aliphatic heterocycles. The Morgan fingerprint density at radius 3 is 2.54 bits per heavy atom. The van der Waals surface area contributed by atoms with Crippen molar-refractivity contribution in [1.29, 1.82) is 0 Å². The molecule has 1 aromatic rings. The molecule has 0 bridgehead atoms. The predicted molar refractivity (Wildman–Crippen MR) is 98.5 cm³/mol.